The molecule has 0 rings (SSSR count). The van der Waals surface area contributed by atoms with E-state index in [9.17, 15) is 18.0 Å². The molecule has 0 bridgehead atoms. The van der Waals surface area contributed by atoms with Gasteiger partial charge in [-0.05, 0) is 5.92 Å². The summed E-state index contributed by atoms with van der Waals surface area (Å²) in [5, 5.41) is 2.38. The van der Waals surface area contributed by atoms with Gasteiger partial charge in [0.15, 0.2) is 0 Å². The fourth-order valence-electron chi connectivity index (χ4n) is 0.686. The van der Waals surface area contributed by atoms with Crippen LogP contribution in [0.25, 0.3) is 0 Å². The molecule has 84 valence electrons. The highest BCUT2D eigenvalue weighted by atomic mass is 35.5. The predicted molar refractivity (Wildman–Crippen MR) is 48.2 cm³/mol. The van der Waals surface area contributed by atoms with Crippen molar-refractivity contribution in [3.05, 3.63) is 0 Å². The summed E-state index contributed by atoms with van der Waals surface area (Å²) in [7, 11) is 0. The van der Waals surface area contributed by atoms with Crippen molar-refractivity contribution in [3.8, 4) is 0 Å². The third-order valence-corrected chi connectivity index (χ3v) is 2.07. The lowest BCUT2D eigenvalue weighted by Gasteiger charge is -2.10. The van der Waals surface area contributed by atoms with Crippen LogP contribution in [0.3, 0.4) is 0 Å². The SMILES string of the molecule is CC(CCl)CNC(=O)CCC(F)(F)F. The fraction of sp³-hybridized carbons (Fsp3) is 0.875. The van der Waals surface area contributed by atoms with Crippen molar-refractivity contribution in [1.82, 2.24) is 5.32 Å². The van der Waals surface area contributed by atoms with E-state index in [2.05, 4.69) is 5.32 Å². The second kappa shape index (κ2) is 6.11. The van der Waals surface area contributed by atoms with E-state index in [0.29, 0.717) is 12.4 Å². The number of carbonyl (C=O) groups excluding carboxylic acids is 1. The summed E-state index contributed by atoms with van der Waals surface area (Å²) in [6, 6.07) is 0. The number of amides is 1. The van der Waals surface area contributed by atoms with Crippen molar-refractivity contribution in [2.75, 3.05) is 12.4 Å². The van der Waals surface area contributed by atoms with E-state index in [4.69, 9.17) is 11.6 Å². The van der Waals surface area contributed by atoms with Crippen LogP contribution < -0.4 is 5.32 Å². The smallest absolute Gasteiger partial charge is 0.356 e. The number of nitrogens with one attached hydrogen (secondary N) is 1. The van der Waals surface area contributed by atoms with Gasteiger partial charge in [0.1, 0.15) is 0 Å². The number of halogens is 4. The first kappa shape index (κ1) is 13.5. The van der Waals surface area contributed by atoms with E-state index in [1.54, 1.807) is 6.92 Å². The Bertz CT molecular complexity index is 184. The molecule has 0 fully saturated rings. The highest BCUT2D eigenvalue weighted by Gasteiger charge is 2.27. The molecule has 14 heavy (non-hydrogen) atoms. The van der Waals surface area contributed by atoms with Crippen molar-refractivity contribution in [3.63, 3.8) is 0 Å². The van der Waals surface area contributed by atoms with Gasteiger partial charge in [0, 0.05) is 18.8 Å². The summed E-state index contributed by atoms with van der Waals surface area (Å²) in [5.74, 6) is -0.134. The lowest BCUT2D eigenvalue weighted by atomic mass is 10.2. The maximum atomic E-state index is 11.7. The van der Waals surface area contributed by atoms with Crippen molar-refractivity contribution in [2.45, 2.75) is 25.9 Å². The molecule has 0 heterocycles. The molecule has 1 N–H and O–H groups in total. The van der Waals surface area contributed by atoms with Crippen LogP contribution in [0.1, 0.15) is 19.8 Å². The van der Waals surface area contributed by atoms with Gasteiger partial charge in [-0.25, -0.2) is 0 Å². The van der Waals surface area contributed by atoms with Gasteiger partial charge < -0.3 is 5.32 Å². The Balaban J connectivity index is 3.57. The first-order chi connectivity index (χ1) is 6.35. The Morgan fingerprint density at radius 1 is 1.50 bits per heavy atom. The number of rotatable bonds is 5. The molecule has 0 aliphatic carbocycles. The molecule has 0 saturated heterocycles. The molecule has 0 aliphatic rings. The summed E-state index contributed by atoms with van der Waals surface area (Å²) < 4.78 is 35.0. The summed E-state index contributed by atoms with van der Waals surface area (Å²) in [6.45, 7) is 2.12. The van der Waals surface area contributed by atoms with Crippen molar-refractivity contribution >= 4 is 17.5 Å². The highest BCUT2D eigenvalue weighted by molar-refractivity contribution is 6.18. The molecule has 1 amide bonds. The van der Waals surface area contributed by atoms with Gasteiger partial charge in [-0.2, -0.15) is 13.2 Å². The van der Waals surface area contributed by atoms with E-state index in [0.717, 1.165) is 0 Å². The zero-order valence-corrected chi connectivity index (χ0v) is 8.58. The first-order valence-electron chi connectivity index (χ1n) is 4.24. The molecule has 0 radical (unpaired) electrons. The molecule has 6 heteroatoms. The maximum Gasteiger partial charge on any atom is 0.389 e. The van der Waals surface area contributed by atoms with Gasteiger partial charge in [0.05, 0.1) is 6.42 Å². The summed E-state index contributed by atoms with van der Waals surface area (Å²) in [5.41, 5.74) is 0. The Kier molecular flexibility index (Phi) is 5.92. The van der Waals surface area contributed by atoms with E-state index in [-0.39, 0.29) is 5.92 Å². The molecule has 0 aromatic rings. The van der Waals surface area contributed by atoms with E-state index in [1.807, 2.05) is 0 Å². The molecule has 2 nitrogen and oxygen atoms in total. The van der Waals surface area contributed by atoms with Gasteiger partial charge in [0.25, 0.3) is 0 Å². The minimum Gasteiger partial charge on any atom is -0.356 e. The normalized spacial score (nSPS) is 13.8. The van der Waals surface area contributed by atoms with Crippen molar-refractivity contribution in [2.24, 2.45) is 5.92 Å². The second-order valence-corrected chi connectivity index (χ2v) is 3.49. The van der Waals surface area contributed by atoms with Gasteiger partial charge in [-0.1, -0.05) is 6.92 Å². The molecule has 0 aromatic carbocycles. The van der Waals surface area contributed by atoms with E-state index >= 15 is 0 Å². The topological polar surface area (TPSA) is 29.1 Å². The first-order valence-corrected chi connectivity index (χ1v) is 4.78. The lowest BCUT2D eigenvalue weighted by molar-refractivity contribution is -0.144. The Labute approximate surface area is 85.8 Å². The van der Waals surface area contributed by atoms with Crippen LogP contribution >= 0.6 is 11.6 Å². The molecule has 1 atom stereocenters. The van der Waals surface area contributed by atoms with Crippen LogP contribution in [0.2, 0.25) is 0 Å². The molecule has 0 saturated carbocycles. The molecule has 0 aliphatic heterocycles. The number of alkyl halides is 4. The summed E-state index contributed by atoms with van der Waals surface area (Å²) in [6.07, 6.45) is -5.86. The summed E-state index contributed by atoms with van der Waals surface area (Å²) >= 11 is 5.45. The van der Waals surface area contributed by atoms with Crippen LogP contribution in [0.4, 0.5) is 13.2 Å². The summed E-state index contributed by atoms with van der Waals surface area (Å²) in [4.78, 5) is 10.9. The average Bonchev–Trinajstić information content (AvgIpc) is 2.09. The minimum absolute atomic E-state index is 0.0755. The zero-order valence-electron chi connectivity index (χ0n) is 7.83. The third-order valence-electron chi connectivity index (χ3n) is 1.55. The zero-order chi connectivity index (χ0) is 11.2. The van der Waals surface area contributed by atoms with Crippen LogP contribution in [-0.4, -0.2) is 24.5 Å². The molecule has 1 unspecified atom stereocenters. The maximum absolute atomic E-state index is 11.7. The van der Waals surface area contributed by atoms with Crippen LogP contribution in [0.5, 0.6) is 0 Å². The molecule has 0 aromatic heterocycles. The molecular weight excluding hydrogens is 219 g/mol. The van der Waals surface area contributed by atoms with E-state index < -0.39 is 24.9 Å². The largest absolute Gasteiger partial charge is 0.389 e. The van der Waals surface area contributed by atoms with Gasteiger partial charge in [0.2, 0.25) is 5.91 Å². The minimum atomic E-state index is -4.27. The number of hydrogen-bond donors (Lipinski definition) is 1. The van der Waals surface area contributed by atoms with Gasteiger partial charge >= 0.3 is 6.18 Å². The fourth-order valence-corrected chi connectivity index (χ4v) is 0.795. The Morgan fingerprint density at radius 2 is 2.07 bits per heavy atom. The monoisotopic (exact) mass is 231 g/mol. The standard InChI is InChI=1S/C8H13ClF3NO/c1-6(4-9)5-13-7(14)2-3-8(10,11)12/h6H,2-5H2,1H3,(H,13,14). The Morgan fingerprint density at radius 3 is 2.50 bits per heavy atom. The number of hydrogen-bond acceptors (Lipinski definition) is 1. The van der Waals surface area contributed by atoms with E-state index in [1.165, 1.54) is 0 Å². The van der Waals surface area contributed by atoms with Crippen LogP contribution in [0.15, 0.2) is 0 Å². The highest BCUT2D eigenvalue weighted by Crippen LogP contribution is 2.20. The van der Waals surface area contributed by atoms with Crippen LogP contribution in [0, 0.1) is 5.92 Å². The molecule has 0 spiro atoms. The van der Waals surface area contributed by atoms with Crippen molar-refractivity contribution in [1.29, 1.82) is 0 Å². The van der Waals surface area contributed by atoms with Gasteiger partial charge in [-0.3, -0.25) is 4.79 Å². The van der Waals surface area contributed by atoms with Gasteiger partial charge in [-0.15, -0.1) is 11.6 Å². The quantitative estimate of drug-likeness (QED) is 0.723. The lowest BCUT2D eigenvalue weighted by Crippen LogP contribution is -2.29. The number of carbonyl (C=O) groups is 1. The average molecular weight is 232 g/mol. The third kappa shape index (κ3) is 8.16. The predicted octanol–water partition coefficient (Wildman–Crippen LogP) is 2.32. The molecular formula is C8H13ClF3NO. The second-order valence-electron chi connectivity index (χ2n) is 3.18. The Hall–Kier alpha value is -0.450. The van der Waals surface area contributed by atoms with Crippen LogP contribution in [-0.2, 0) is 4.79 Å². The van der Waals surface area contributed by atoms with Crippen molar-refractivity contribution < 1.29 is 18.0 Å².